The van der Waals surface area contributed by atoms with Crippen LogP contribution in [0, 0.1) is 0 Å². The standard InChI is InChI=1S/C15H23N3O2/c1-3-18(4-2)15(19)14-10-12(7-9-17-14)20-13-6-5-8-16-11-13/h7,9-10,13,16H,3-6,8,11H2,1-2H3. The Labute approximate surface area is 120 Å². The van der Waals surface area contributed by atoms with Gasteiger partial charge in [-0.25, -0.2) is 0 Å². The van der Waals surface area contributed by atoms with Crippen LogP contribution < -0.4 is 10.1 Å². The highest BCUT2D eigenvalue weighted by Crippen LogP contribution is 2.17. The first-order valence-corrected chi connectivity index (χ1v) is 7.37. The summed E-state index contributed by atoms with van der Waals surface area (Å²) < 4.78 is 5.92. The van der Waals surface area contributed by atoms with Crippen molar-refractivity contribution in [3.8, 4) is 5.75 Å². The van der Waals surface area contributed by atoms with Gasteiger partial charge in [-0.05, 0) is 39.3 Å². The number of amides is 1. The Morgan fingerprint density at radius 2 is 2.30 bits per heavy atom. The number of nitrogens with zero attached hydrogens (tertiary/aromatic N) is 2. The van der Waals surface area contributed by atoms with Gasteiger partial charge in [-0.2, -0.15) is 0 Å². The predicted octanol–water partition coefficient (Wildman–Crippen LogP) is 1.69. The first-order chi connectivity index (χ1) is 9.74. The molecule has 2 rings (SSSR count). The summed E-state index contributed by atoms with van der Waals surface area (Å²) in [7, 11) is 0. The van der Waals surface area contributed by atoms with Gasteiger partial charge in [-0.15, -0.1) is 0 Å². The first-order valence-electron chi connectivity index (χ1n) is 7.37. The summed E-state index contributed by atoms with van der Waals surface area (Å²) in [5.41, 5.74) is 0.454. The van der Waals surface area contributed by atoms with Crippen LogP contribution in [0.4, 0.5) is 0 Å². The second-order valence-corrected chi connectivity index (χ2v) is 4.94. The normalized spacial score (nSPS) is 18.6. The maximum Gasteiger partial charge on any atom is 0.272 e. The van der Waals surface area contributed by atoms with Crippen molar-refractivity contribution in [3.05, 3.63) is 24.0 Å². The molecular formula is C15H23N3O2. The predicted molar refractivity (Wildman–Crippen MR) is 78.0 cm³/mol. The number of carbonyl (C=O) groups is 1. The van der Waals surface area contributed by atoms with E-state index in [-0.39, 0.29) is 12.0 Å². The molecule has 0 radical (unpaired) electrons. The van der Waals surface area contributed by atoms with Crippen molar-refractivity contribution >= 4 is 5.91 Å². The Hall–Kier alpha value is -1.62. The van der Waals surface area contributed by atoms with Crippen molar-refractivity contribution < 1.29 is 9.53 Å². The van der Waals surface area contributed by atoms with Crippen LogP contribution in [0.3, 0.4) is 0 Å². The third kappa shape index (κ3) is 3.70. The molecule has 0 saturated carbocycles. The largest absolute Gasteiger partial charge is 0.489 e. The van der Waals surface area contributed by atoms with Crippen molar-refractivity contribution in [1.29, 1.82) is 0 Å². The molecule has 5 nitrogen and oxygen atoms in total. The van der Waals surface area contributed by atoms with Crippen LogP contribution in [0.5, 0.6) is 5.75 Å². The fourth-order valence-electron chi connectivity index (χ4n) is 2.39. The second kappa shape index (κ2) is 7.24. The van der Waals surface area contributed by atoms with E-state index < -0.39 is 0 Å². The van der Waals surface area contributed by atoms with Gasteiger partial charge in [0.15, 0.2) is 0 Å². The number of piperidine rings is 1. The van der Waals surface area contributed by atoms with Gasteiger partial charge in [0.05, 0.1) is 0 Å². The zero-order valence-corrected chi connectivity index (χ0v) is 12.3. The van der Waals surface area contributed by atoms with Crippen molar-refractivity contribution in [1.82, 2.24) is 15.2 Å². The van der Waals surface area contributed by atoms with E-state index in [4.69, 9.17) is 4.74 Å². The lowest BCUT2D eigenvalue weighted by Crippen LogP contribution is -2.37. The number of aromatic nitrogens is 1. The molecule has 5 heteroatoms. The minimum atomic E-state index is -0.0396. The Morgan fingerprint density at radius 1 is 1.50 bits per heavy atom. The SMILES string of the molecule is CCN(CC)C(=O)c1cc(OC2CCCNC2)ccn1. The smallest absolute Gasteiger partial charge is 0.272 e. The number of ether oxygens (including phenoxy) is 1. The average molecular weight is 277 g/mol. The molecule has 1 fully saturated rings. The van der Waals surface area contributed by atoms with E-state index in [2.05, 4.69) is 10.3 Å². The van der Waals surface area contributed by atoms with Crippen LogP contribution in [0.1, 0.15) is 37.2 Å². The van der Waals surface area contributed by atoms with E-state index in [1.807, 2.05) is 19.9 Å². The van der Waals surface area contributed by atoms with Crippen LogP contribution >= 0.6 is 0 Å². The summed E-state index contributed by atoms with van der Waals surface area (Å²) in [6.45, 7) is 7.23. The number of carbonyl (C=O) groups excluding carboxylic acids is 1. The molecule has 1 aromatic rings. The van der Waals surface area contributed by atoms with Crippen LogP contribution in [0.25, 0.3) is 0 Å². The summed E-state index contributed by atoms with van der Waals surface area (Å²) in [6, 6.07) is 3.56. The molecule has 2 heterocycles. The van der Waals surface area contributed by atoms with E-state index in [0.29, 0.717) is 18.8 Å². The third-order valence-corrected chi connectivity index (χ3v) is 3.56. The minimum Gasteiger partial charge on any atom is -0.489 e. The lowest BCUT2D eigenvalue weighted by molar-refractivity contribution is 0.0766. The number of rotatable bonds is 5. The molecule has 110 valence electrons. The Morgan fingerprint density at radius 3 is 2.95 bits per heavy atom. The second-order valence-electron chi connectivity index (χ2n) is 4.94. The monoisotopic (exact) mass is 277 g/mol. The number of hydrogen-bond donors (Lipinski definition) is 1. The van der Waals surface area contributed by atoms with Crippen molar-refractivity contribution in [2.75, 3.05) is 26.2 Å². The highest BCUT2D eigenvalue weighted by Gasteiger charge is 2.17. The highest BCUT2D eigenvalue weighted by molar-refractivity contribution is 5.92. The fourth-order valence-corrected chi connectivity index (χ4v) is 2.39. The highest BCUT2D eigenvalue weighted by atomic mass is 16.5. The van der Waals surface area contributed by atoms with E-state index in [0.717, 1.165) is 31.7 Å². The van der Waals surface area contributed by atoms with Crippen molar-refractivity contribution in [2.45, 2.75) is 32.8 Å². The summed E-state index contributed by atoms with van der Waals surface area (Å²) in [4.78, 5) is 18.2. The van der Waals surface area contributed by atoms with Crippen LogP contribution in [-0.4, -0.2) is 48.1 Å². The molecule has 20 heavy (non-hydrogen) atoms. The van der Waals surface area contributed by atoms with Crippen molar-refractivity contribution in [3.63, 3.8) is 0 Å². The summed E-state index contributed by atoms with van der Waals surface area (Å²) in [5, 5.41) is 3.31. The lowest BCUT2D eigenvalue weighted by atomic mass is 10.1. The summed E-state index contributed by atoms with van der Waals surface area (Å²) in [5.74, 6) is 0.687. The average Bonchev–Trinajstić information content (AvgIpc) is 2.49. The van der Waals surface area contributed by atoms with Gasteiger partial charge in [0, 0.05) is 31.9 Å². The molecular weight excluding hydrogens is 254 g/mol. The molecule has 0 aromatic carbocycles. The maximum absolute atomic E-state index is 12.2. The quantitative estimate of drug-likeness (QED) is 0.890. The molecule has 1 unspecified atom stereocenters. The molecule has 0 bridgehead atoms. The van der Waals surface area contributed by atoms with Gasteiger partial charge in [-0.3, -0.25) is 9.78 Å². The van der Waals surface area contributed by atoms with Gasteiger partial charge in [0.2, 0.25) is 0 Å². The summed E-state index contributed by atoms with van der Waals surface area (Å²) in [6.07, 6.45) is 4.00. The molecule has 1 aliphatic heterocycles. The number of nitrogens with one attached hydrogen (secondary N) is 1. The molecule has 1 N–H and O–H groups in total. The summed E-state index contributed by atoms with van der Waals surface area (Å²) >= 11 is 0. The number of hydrogen-bond acceptors (Lipinski definition) is 4. The maximum atomic E-state index is 12.2. The molecule has 1 atom stereocenters. The van der Waals surface area contributed by atoms with Gasteiger partial charge < -0.3 is 15.0 Å². The topological polar surface area (TPSA) is 54.5 Å². The lowest BCUT2D eigenvalue weighted by Gasteiger charge is -2.24. The Kier molecular flexibility index (Phi) is 5.35. The van der Waals surface area contributed by atoms with Gasteiger partial charge in [0.25, 0.3) is 5.91 Å². The molecule has 0 aliphatic carbocycles. The fraction of sp³-hybridized carbons (Fsp3) is 0.600. The zero-order valence-electron chi connectivity index (χ0n) is 12.3. The van der Waals surface area contributed by atoms with Crippen LogP contribution in [0.2, 0.25) is 0 Å². The van der Waals surface area contributed by atoms with Gasteiger partial charge >= 0.3 is 0 Å². The van der Waals surface area contributed by atoms with Crippen LogP contribution in [0.15, 0.2) is 18.3 Å². The van der Waals surface area contributed by atoms with E-state index in [1.54, 1.807) is 17.2 Å². The van der Waals surface area contributed by atoms with Crippen LogP contribution in [-0.2, 0) is 0 Å². The first kappa shape index (κ1) is 14.8. The van der Waals surface area contributed by atoms with Gasteiger partial charge in [-0.1, -0.05) is 0 Å². The third-order valence-electron chi connectivity index (χ3n) is 3.56. The molecule has 0 spiro atoms. The minimum absolute atomic E-state index is 0.0396. The molecule has 1 saturated heterocycles. The number of pyridine rings is 1. The molecule has 1 aromatic heterocycles. The van der Waals surface area contributed by atoms with E-state index in [1.165, 1.54) is 0 Å². The molecule has 1 amide bonds. The molecule has 1 aliphatic rings. The van der Waals surface area contributed by atoms with Gasteiger partial charge in [0.1, 0.15) is 17.5 Å². The van der Waals surface area contributed by atoms with E-state index >= 15 is 0 Å². The Bertz CT molecular complexity index is 440. The van der Waals surface area contributed by atoms with Crippen molar-refractivity contribution in [2.24, 2.45) is 0 Å². The van der Waals surface area contributed by atoms with E-state index in [9.17, 15) is 4.79 Å². The zero-order chi connectivity index (χ0) is 14.4. The Balaban J connectivity index is 2.05.